The van der Waals surface area contributed by atoms with E-state index >= 15 is 0 Å². The van der Waals surface area contributed by atoms with Crippen LogP contribution in [0.5, 0.6) is 0 Å². The molecule has 0 aromatic heterocycles. The van der Waals surface area contributed by atoms with Gasteiger partial charge in [-0.3, -0.25) is 4.79 Å². The van der Waals surface area contributed by atoms with Crippen molar-refractivity contribution >= 4 is 17.6 Å². The Morgan fingerprint density at radius 3 is 2.67 bits per heavy atom. The highest BCUT2D eigenvalue weighted by Crippen LogP contribution is 2.16. The highest BCUT2D eigenvalue weighted by atomic mass is 19.1. The third kappa shape index (κ3) is 3.53. The molecule has 0 bridgehead atoms. The van der Waals surface area contributed by atoms with E-state index in [1.54, 1.807) is 6.92 Å². The third-order valence-electron chi connectivity index (χ3n) is 2.51. The summed E-state index contributed by atoms with van der Waals surface area (Å²) in [7, 11) is 0. The number of carbonyl (C=O) groups excluding carboxylic acids is 1. The van der Waals surface area contributed by atoms with E-state index in [2.05, 4.69) is 5.32 Å². The summed E-state index contributed by atoms with van der Waals surface area (Å²) in [5, 5.41) is 11.2. The van der Waals surface area contributed by atoms with Crippen LogP contribution in [0.3, 0.4) is 0 Å². The number of hydrogen-bond donors (Lipinski definition) is 3. The van der Waals surface area contributed by atoms with Gasteiger partial charge >= 0.3 is 5.97 Å². The van der Waals surface area contributed by atoms with Gasteiger partial charge in [-0.05, 0) is 31.2 Å². The van der Waals surface area contributed by atoms with Gasteiger partial charge in [-0.25, -0.2) is 9.18 Å². The minimum Gasteiger partial charge on any atom is -0.478 e. The van der Waals surface area contributed by atoms with Crippen LogP contribution in [0.1, 0.15) is 23.7 Å². The molecule has 0 spiro atoms. The summed E-state index contributed by atoms with van der Waals surface area (Å²) in [6, 6.07) is 3.44. The first-order valence-corrected chi connectivity index (χ1v) is 5.49. The van der Waals surface area contributed by atoms with Crippen molar-refractivity contribution in [3.05, 3.63) is 29.6 Å². The normalized spacial score (nSPS) is 11.9. The molecule has 0 aliphatic rings. The molecule has 0 radical (unpaired) electrons. The molecule has 6 heteroatoms. The maximum atomic E-state index is 13.3. The van der Waals surface area contributed by atoms with Crippen molar-refractivity contribution in [2.24, 2.45) is 11.7 Å². The van der Waals surface area contributed by atoms with E-state index < -0.39 is 17.3 Å². The van der Waals surface area contributed by atoms with Crippen molar-refractivity contribution in [1.82, 2.24) is 0 Å². The van der Waals surface area contributed by atoms with Crippen molar-refractivity contribution in [3.63, 3.8) is 0 Å². The Bertz CT molecular complexity index is 463. The average molecular weight is 254 g/mol. The number of rotatable bonds is 5. The van der Waals surface area contributed by atoms with Crippen molar-refractivity contribution in [2.45, 2.75) is 13.3 Å². The van der Waals surface area contributed by atoms with Crippen LogP contribution < -0.4 is 11.1 Å². The summed E-state index contributed by atoms with van der Waals surface area (Å²) in [5.41, 5.74) is 5.13. The topological polar surface area (TPSA) is 92.4 Å². The molecule has 1 rings (SSSR count). The van der Waals surface area contributed by atoms with Gasteiger partial charge in [-0.2, -0.15) is 0 Å². The highest BCUT2D eigenvalue weighted by Gasteiger charge is 2.14. The lowest BCUT2D eigenvalue weighted by molar-refractivity contribution is -0.119. The molecule has 0 saturated heterocycles. The van der Waals surface area contributed by atoms with Crippen molar-refractivity contribution in [3.8, 4) is 0 Å². The lowest BCUT2D eigenvalue weighted by Gasteiger charge is -2.11. The Labute approximate surface area is 104 Å². The Kier molecular flexibility index (Phi) is 4.79. The second kappa shape index (κ2) is 6.11. The summed E-state index contributed by atoms with van der Waals surface area (Å²) in [6.07, 6.45) is 0.529. The van der Waals surface area contributed by atoms with Crippen LogP contribution in [0.15, 0.2) is 18.2 Å². The second-order valence-corrected chi connectivity index (χ2v) is 3.97. The zero-order valence-corrected chi connectivity index (χ0v) is 9.94. The predicted octanol–water partition coefficient (Wildman–Crippen LogP) is 1.45. The molecule has 0 saturated carbocycles. The van der Waals surface area contributed by atoms with Gasteiger partial charge in [-0.15, -0.1) is 0 Å². The molecular weight excluding hydrogens is 239 g/mol. The lowest BCUT2D eigenvalue weighted by atomic mass is 10.1. The number of halogens is 1. The van der Waals surface area contributed by atoms with Crippen molar-refractivity contribution in [1.29, 1.82) is 0 Å². The number of carboxylic acid groups (broad SMARTS) is 1. The highest BCUT2D eigenvalue weighted by molar-refractivity contribution is 5.93. The quantitative estimate of drug-likeness (QED) is 0.741. The Morgan fingerprint density at radius 2 is 2.17 bits per heavy atom. The molecular formula is C12H15FN2O3. The maximum Gasteiger partial charge on any atom is 0.338 e. The van der Waals surface area contributed by atoms with Crippen molar-refractivity contribution < 1.29 is 19.1 Å². The Morgan fingerprint density at radius 1 is 1.50 bits per heavy atom. The van der Waals surface area contributed by atoms with E-state index in [1.165, 1.54) is 6.07 Å². The van der Waals surface area contributed by atoms with Crippen LogP contribution in [0.2, 0.25) is 0 Å². The fourth-order valence-corrected chi connectivity index (χ4v) is 1.41. The van der Waals surface area contributed by atoms with Gasteiger partial charge < -0.3 is 16.2 Å². The minimum absolute atomic E-state index is 0.228. The summed E-state index contributed by atoms with van der Waals surface area (Å²) < 4.78 is 13.3. The second-order valence-electron chi connectivity index (χ2n) is 3.97. The number of nitrogens with two attached hydrogens (primary N) is 1. The molecule has 1 aromatic rings. The van der Waals surface area contributed by atoms with Crippen LogP contribution in [0, 0.1) is 11.7 Å². The van der Waals surface area contributed by atoms with Crippen LogP contribution >= 0.6 is 0 Å². The fourth-order valence-electron chi connectivity index (χ4n) is 1.41. The molecule has 18 heavy (non-hydrogen) atoms. The van der Waals surface area contributed by atoms with Crippen LogP contribution in [0.4, 0.5) is 10.1 Å². The smallest absolute Gasteiger partial charge is 0.338 e. The first kappa shape index (κ1) is 14.1. The Hall–Kier alpha value is -1.95. The van der Waals surface area contributed by atoms with Crippen LogP contribution in [-0.4, -0.2) is 23.5 Å². The number of aromatic carboxylic acids is 1. The van der Waals surface area contributed by atoms with E-state index in [1.807, 2.05) is 0 Å². The van der Waals surface area contributed by atoms with Gasteiger partial charge in [-0.1, -0.05) is 6.92 Å². The first-order chi connectivity index (χ1) is 8.45. The van der Waals surface area contributed by atoms with Gasteiger partial charge in [0.1, 0.15) is 5.82 Å². The number of hydrogen-bond acceptors (Lipinski definition) is 3. The summed E-state index contributed by atoms with van der Waals surface area (Å²) in [4.78, 5) is 22.2. The van der Waals surface area contributed by atoms with E-state index in [9.17, 15) is 14.0 Å². The van der Waals surface area contributed by atoms with Gasteiger partial charge in [0.2, 0.25) is 5.91 Å². The molecule has 1 amide bonds. The van der Waals surface area contributed by atoms with E-state index in [0.717, 1.165) is 12.1 Å². The number of carbonyl (C=O) groups is 2. The number of carboxylic acids is 1. The van der Waals surface area contributed by atoms with Gasteiger partial charge in [0.15, 0.2) is 0 Å². The van der Waals surface area contributed by atoms with Gasteiger partial charge in [0.05, 0.1) is 5.56 Å². The Balaban J connectivity index is 2.77. The molecule has 5 nitrogen and oxygen atoms in total. The summed E-state index contributed by atoms with van der Waals surface area (Å²) >= 11 is 0. The number of nitrogens with one attached hydrogen (secondary N) is 1. The fraction of sp³-hybridized carbons (Fsp3) is 0.333. The number of amides is 1. The standard InChI is InChI=1S/C12H15FN2O3/c1-7(4-5-14)11(16)15-8-2-3-9(12(17)18)10(13)6-8/h2-3,6-7H,4-5,14H2,1H3,(H,15,16)(H,17,18). The monoisotopic (exact) mass is 254 g/mol. The molecule has 0 heterocycles. The molecule has 0 aliphatic heterocycles. The van der Waals surface area contributed by atoms with Crippen molar-refractivity contribution in [2.75, 3.05) is 11.9 Å². The van der Waals surface area contributed by atoms with E-state index in [4.69, 9.17) is 10.8 Å². The average Bonchev–Trinajstić information content (AvgIpc) is 2.28. The predicted molar refractivity (Wildman–Crippen MR) is 64.8 cm³/mol. The molecule has 1 atom stereocenters. The zero-order chi connectivity index (χ0) is 13.7. The maximum absolute atomic E-state index is 13.3. The minimum atomic E-state index is -1.35. The van der Waals surface area contributed by atoms with E-state index in [-0.39, 0.29) is 17.5 Å². The van der Waals surface area contributed by atoms with Crippen LogP contribution in [-0.2, 0) is 4.79 Å². The third-order valence-corrected chi connectivity index (χ3v) is 2.51. The number of benzene rings is 1. The molecule has 1 unspecified atom stereocenters. The molecule has 4 N–H and O–H groups in total. The summed E-state index contributed by atoms with van der Waals surface area (Å²) in [5.74, 6) is -2.78. The van der Waals surface area contributed by atoms with E-state index in [0.29, 0.717) is 13.0 Å². The SMILES string of the molecule is CC(CCN)C(=O)Nc1ccc(C(=O)O)c(F)c1. The lowest BCUT2D eigenvalue weighted by Crippen LogP contribution is -2.22. The van der Waals surface area contributed by atoms with Gasteiger partial charge in [0.25, 0.3) is 0 Å². The molecule has 98 valence electrons. The zero-order valence-electron chi connectivity index (χ0n) is 9.94. The first-order valence-electron chi connectivity index (χ1n) is 5.49. The summed E-state index contributed by atoms with van der Waals surface area (Å²) in [6.45, 7) is 2.10. The van der Waals surface area contributed by atoms with Crippen LogP contribution in [0.25, 0.3) is 0 Å². The molecule has 0 fully saturated rings. The molecule has 1 aromatic carbocycles. The van der Waals surface area contributed by atoms with Gasteiger partial charge in [0, 0.05) is 11.6 Å². The number of anilines is 1. The largest absolute Gasteiger partial charge is 0.478 e. The molecule has 0 aliphatic carbocycles.